The van der Waals surface area contributed by atoms with Crippen molar-refractivity contribution >= 4 is 0 Å². The summed E-state index contributed by atoms with van der Waals surface area (Å²) >= 11 is 0. The molecular weight excluding hydrogens is 292 g/mol. The van der Waals surface area contributed by atoms with Gasteiger partial charge in [-0.1, -0.05) is 101 Å². The predicted molar refractivity (Wildman–Crippen MR) is 104 cm³/mol. The van der Waals surface area contributed by atoms with Crippen LogP contribution in [0, 0.1) is 0 Å². The van der Waals surface area contributed by atoms with E-state index < -0.39 is 0 Å². The number of benzene rings is 2. The lowest BCUT2D eigenvalue weighted by Gasteiger charge is -2.12. The van der Waals surface area contributed by atoms with Gasteiger partial charge in [-0.15, -0.1) is 0 Å². The van der Waals surface area contributed by atoms with Gasteiger partial charge in [-0.3, -0.25) is 0 Å². The fourth-order valence-corrected chi connectivity index (χ4v) is 3.36. The summed E-state index contributed by atoms with van der Waals surface area (Å²) in [5.74, 6) is 0.398. The first-order valence-electron chi connectivity index (χ1n) is 9.69. The van der Waals surface area contributed by atoms with Crippen LogP contribution < -0.4 is 0 Å². The topological polar surface area (TPSA) is 20.2 Å². The average molecular weight is 325 g/mol. The van der Waals surface area contributed by atoms with Crippen LogP contribution in [0.5, 0.6) is 5.75 Å². The van der Waals surface area contributed by atoms with Gasteiger partial charge in [0.2, 0.25) is 0 Å². The highest BCUT2D eigenvalue weighted by molar-refractivity contribution is 5.73. The van der Waals surface area contributed by atoms with Crippen LogP contribution in [0.15, 0.2) is 48.5 Å². The molecule has 0 unspecified atom stereocenters. The molecule has 0 saturated heterocycles. The SMILES string of the molecule is CCCCCCCCCCCc1cccc(O)c1-c1ccccc1. The number of hydrogen-bond acceptors (Lipinski definition) is 1. The van der Waals surface area contributed by atoms with Crippen LogP contribution in [0.25, 0.3) is 11.1 Å². The fraction of sp³-hybridized carbons (Fsp3) is 0.478. The molecule has 0 radical (unpaired) electrons. The van der Waals surface area contributed by atoms with Gasteiger partial charge in [0.15, 0.2) is 0 Å². The highest BCUT2D eigenvalue weighted by Crippen LogP contribution is 2.33. The van der Waals surface area contributed by atoms with Gasteiger partial charge in [0.25, 0.3) is 0 Å². The van der Waals surface area contributed by atoms with Gasteiger partial charge in [0, 0.05) is 5.56 Å². The third-order valence-corrected chi connectivity index (χ3v) is 4.74. The molecule has 0 bridgehead atoms. The first-order chi connectivity index (χ1) is 11.8. The minimum atomic E-state index is 0.398. The molecule has 0 aliphatic rings. The third kappa shape index (κ3) is 6.03. The summed E-state index contributed by atoms with van der Waals surface area (Å²) in [5.41, 5.74) is 3.39. The van der Waals surface area contributed by atoms with Crippen LogP contribution >= 0.6 is 0 Å². The van der Waals surface area contributed by atoms with E-state index in [1.807, 2.05) is 24.3 Å². The second-order valence-electron chi connectivity index (χ2n) is 6.76. The van der Waals surface area contributed by atoms with E-state index in [0.717, 1.165) is 17.5 Å². The Balaban J connectivity index is 1.78. The number of phenols is 1. The molecule has 130 valence electrons. The fourth-order valence-electron chi connectivity index (χ4n) is 3.36. The Morgan fingerprint density at radius 2 is 1.29 bits per heavy atom. The molecule has 2 rings (SSSR count). The normalized spacial score (nSPS) is 10.9. The lowest BCUT2D eigenvalue weighted by molar-refractivity contribution is 0.476. The quantitative estimate of drug-likeness (QED) is 0.436. The summed E-state index contributed by atoms with van der Waals surface area (Å²) in [6, 6.07) is 16.2. The zero-order valence-electron chi connectivity index (χ0n) is 15.1. The molecule has 0 saturated carbocycles. The van der Waals surface area contributed by atoms with Gasteiger partial charge in [0.05, 0.1) is 0 Å². The number of phenolic OH excluding ortho intramolecular Hbond substituents is 1. The van der Waals surface area contributed by atoms with E-state index in [1.54, 1.807) is 6.07 Å². The largest absolute Gasteiger partial charge is 0.507 e. The monoisotopic (exact) mass is 324 g/mol. The van der Waals surface area contributed by atoms with Crippen molar-refractivity contribution in [2.45, 2.75) is 71.1 Å². The molecule has 24 heavy (non-hydrogen) atoms. The minimum Gasteiger partial charge on any atom is -0.507 e. The maximum atomic E-state index is 10.3. The van der Waals surface area contributed by atoms with E-state index in [1.165, 1.54) is 63.4 Å². The van der Waals surface area contributed by atoms with E-state index in [2.05, 4.69) is 25.1 Å². The molecule has 1 heteroatoms. The molecule has 0 amide bonds. The van der Waals surface area contributed by atoms with E-state index in [-0.39, 0.29) is 0 Å². The Hall–Kier alpha value is -1.76. The second kappa shape index (κ2) is 10.9. The summed E-state index contributed by atoms with van der Waals surface area (Å²) < 4.78 is 0. The number of rotatable bonds is 11. The van der Waals surface area contributed by atoms with E-state index in [0.29, 0.717) is 5.75 Å². The summed E-state index contributed by atoms with van der Waals surface area (Å²) in [6.45, 7) is 2.27. The molecule has 0 aliphatic carbocycles. The molecule has 0 heterocycles. The van der Waals surface area contributed by atoms with Gasteiger partial charge < -0.3 is 5.11 Å². The van der Waals surface area contributed by atoms with Gasteiger partial charge in [-0.2, -0.15) is 0 Å². The maximum Gasteiger partial charge on any atom is 0.123 e. The van der Waals surface area contributed by atoms with Crippen LogP contribution in [0.2, 0.25) is 0 Å². The molecule has 1 nitrogen and oxygen atoms in total. The summed E-state index contributed by atoms with van der Waals surface area (Å²) in [5, 5.41) is 10.3. The van der Waals surface area contributed by atoms with E-state index in [4.69, 9.17) is 0 Å². The molecule has 0 spiro atoms. The lowest BCUT2D eigenvalue weighted by atomic mass is 9.94. The van der Waals surface area contributed by atoms with Crippen molar-refractivity contribution in [3.63, 3.8) is 0 Å². The Kier molecular flexibility index (Phi) is 8.45. The first-order valence-corrected chi connectivity index (χ1v) is 9.69. The van der Waals surface area contributed by atoms with Crippen molar-refractivity contribution in [1.82, 2.24) is 0 Å². The molecule has 0 atom stereocenters. The summed E-state index contributed by atoms with van der Waals surface area (Å²) in [4.78, 5) is 0. The van der Waals surface area contributed by atoms with E-state index in [9.17, 15) is 5.11 Å². The number of aromatic hydroxyl groups is 1. The Labute approximate surface area is 147 Å². The molecule has 2 aromatic rings. The van der Waals surface area contributed by atoms with Gasteiger partial charge in [-0.05, 0) is 30.0 Å². The minimum absolute atomic E-state index is 0.398. The van der Waals surface area contributed by atoms with Gasteiger partial charge in [-0.25, -0.2) is 0 Å². The van der Waals surface area contributed by atoms with Crippen LogP contribution in [0.1, 0.15) is 70.3 Å². The molecule has 0 fully saturated rings. The van der Waals surface area contributed by atoms with Crippen LogP contribution in [0.3, 0.4) is 0 Å². The number of hydrogen-bond donors (Lipinski definition) is 1. The van der Waals surface area contributed by atoms with Crippen molar-refractivity contribution in [3.05, 3.63) is 54.1 Å². The summed E-state index contributed by atoms with van der Waals surface area (Å²) in [7, 11) is 0. The molecule has 0 aromatic heterocycles. The van der Waals surface area contributed by atoms with E-state index >= 15 is 0 Å². The van der Waals surface area contributed by atoms with Crippen molar-refractivity contribution in [2.24, 2.45) is 0 Å². The van der Waals surface area contributed by atoms with Gasteiger partial charge >= 0.3 is 0 Å². The smallest absolute Gasteiger partial charge is 0.123 e. The molecule has 1 N–H and O–H groups in total. The Bertz CT molecular complexity index is 574. The highest BCUT2D eigenvalue weighted by Gasteiger charge is 2.09. The number of unbranched alkanes of at least 4 members (excludes halogenated alkanes) is 8. The lowest BCUT2D eigenvalue weighted by Crippen LogP contribution is -1.92. The molecule has 2 aromatic carbocycles. The summed E-state index contributed by atoms with van der Waals surface area (Å²) in [6.07, 6.45) is 13.2. The van der Waals surface area contributed by atoms with Crippen LogP contribution in [-0.4, -0.2) is 5.11 Å². The van der Waals surface area contributed by atoms with Crippen molar-refractivity contribution < 1.29 is 5.11 Å². The van der Waals surface area contributed by atoms with Gasteiger partial charge in [0.1, 0.15) is 5.75 Å². The number of aryl methyl sites for hydroxylation is 1. The van der Waals surface area contributed by atoms with Crippen LogP contribution in [0.4, 0.5) is 0 Å². The first kappa shape index (κ1) is 18.6. The molecule has 0 aliphatic heterocycles. The van der Waals surface area contributed by atoms with Crippen molar-refractivity contribution in [2.75, 3.05) is 0 Å². The maximum absolute atomic E-state index is 10.3. The highest BCUT2D eigenvalue weighted by atomic mass is 16.3. The Morgan fingerprint density at radius 3 is 1.96 bits per heavy atom. The Morgan fingerprint density at radius 1 is 0.667 bits per heavy atom. The predicted octanol–water partition coefficient (Wildman–Crippen LogP) is 7.13. The molecular formula is C23H32O. The zero-order chi connectivity index (χ0) is 17.0. The standard InChI is InChI=1S/C23H32O/c1-2-3-4-5-6-7-8-9-11-15-21-18-14-19-22(24)23(21)20-16-12-10-13-17-20/h10,12-14,16-19,24H,2-9,11,15H2,1H3. The second-order valence-corrected chi connectivity index (χ2v) is 6.76. The van der Waals surface area contributed by atoms with Crippen molar-refractivity contribution in [3.8, 4) is 16.9 Å². The third-order valence-electron chi connectivity index (χ3n) is 4.74. The average Bonchev–Trinajstić information content (AvgIpc) is 2.61. The van der Waals surface area contributed by atoms with Crippen molar-refractivity contribution in [1.29, 1.82) is 0 Å². The zero-order valence-corrected chi connectivity index (χ0v) is 15.1. The van der Waals surface area contributed by atoms with Crippen LogP contribution in [-0.2, 0) is 6.42 Å².